The number of morpholine rings is 1. The standard InChI is InChI=1S/C12H12F2N2O5/c13-7-3-9(11(14)10(4-7)16(19)20)12(18)15-1-2-21-8(5-15)6-17/h3-4,8,17H,1-2,5-6H2. The van der Waals surface area contributed by atoms with Gasteiger partial charge >= 0.3 is 5.69 Å². The molecule has 1 N–H and O–H groups in total. The number of nitro groups is 1. The molecule has 0 aromatic heterocycles. The molecule has 0 radical (unpaired) electrons. The molecule has 1 amide bonds. The molecular weight excluding hydrogens is 290 g/mol. The summed E-state index contributed by atoms with van der Waals surface area (Å²) in [7, 11) is 0. The Bertz CT molecular complexity index is 581. The van der Waals surface area contributed by atoms with Gasteiger partial charge in [0.25, 0.3) is 5.91 Å². The first-order valence-electron chi connectivity index (χ1n) is 6.09. The lowest BCUT2D eigenvalue weighted by Crippen LogP contribution is -2.47. The second-order valence-corrected chi connectivity index (χ2v) is 4.47. The van der Waals surface area contributed by atoms with Crippen LogP contribution in [-0.2, 0) is 4.74 Å². The number of benzene rings is 1. The zero-order valence-electron chi connectivity index (χ0n) is 10.8. The summed E-state index contributed by atoms with van der Waals surface area (Å²) in [6.07, 6.45) is -0.616. The number of hydrogen-bond acceptors (Lipinski definition) is 5. The molecule has 1 heterocycles. The minimum Gasteiger partial charge on any atom is -0.394 e. The maximum Gasteiger partial charge on any atom is 0.308 e. The molecule has 0 saturated carbocycles. The Balaban J connectivity index is 2.33. The lowest BCUT2D eigenvalue weighted by atomic mass is 10.1. The minimum absolute atomic E-state index is 0.000908. The van der Waals surface area contributed by atoms with Gasteiger partial charge in [0.05, 0.1) is 35.9 Å². The van der Waals surface area contributed by atoms with Gasteiger partial charge in [0.15, 0.2) is 0 Å². The fourth-order valence-electron chi connectivity index (χ4n) is 2.05. The Morgan fingerprint density at radius 3 is 2.86 bits per heavy atom. The molecular formula is C12H12F2N2O5. The van der Waals surface area contributed by atoms with Gasteiger partial charge in [0.2, 0.25) is 5.82 Å². The summed E-state index contributed by atoms with van der Waals surface area (Å²) in [6.45, 7) is -0.0658. The normalized spacial score (nSPS) is 18.6. The summed E-state index contributed by atoms with van der Waals surface area (Å²) in [5.41, 5.74) is -1.80. The molecule has 7 nitrogen and oxygen atoms in total. The summed E-state index contributed by atoms with van der Waals surface area (Å²) in [6, 6.07) is 1.04. The van der Waals surface area contributed by atoms with E-state index in [-0.39, 0.29) is 26.3 Å². The third kappa shape index (κ3) is 3.14. The van der Waals surface area contributed by atoms with E-state index < -0.39 is 39.8 Å². The first-order valence-corrected chi connectivity index (χ1v) is 6.09. The van der Waals surface area contributed by atoms with E-state index in [1.807, 2.05) is 0 Å². The number of hydrogen-bond donors (Lipinski definition) is 1. The fraction of sp³-hybridized carbons (Fsp3) is 0.417. The van der Waals surface area contributed by atoms with Crippen molar-refractivity contribution in [2.75, 3.05) is 26.3 Å². The number of nitrogens with zero attached hydrogens (tertiary/aromatic N) is 2. The van der Waals surface area contributed by atoms with Crippen LogP contribution < -0.4 is 0 Å². The van der Waals surface area contributed by atoms with Crippen molar-refractivity contribution in [3.05, 3.63) is 39.4 Å². The highest BCUT2D eigenvalue weighted by atomic mass is 19.1. The number of amides is 1. The number of nitro benzene ring substituents is 1. The zero-order chi connectivity index (χ0) is 15.6. The van der Waals surface area contributed by atoms with Gasteiger partial charge < -0.3 is 14.7 Å². The van der Waals surface area contributed by atoms with Crippen LogP contribution in [0.4, 0.5) is 14.5 Å². The van der Waals surface area contributed by atoms with Crippen LogP contribution in [0.15, 0.2) is 12.1 Å². The molecule has 0 spiro atoms. The largest absolute Gasteiger partial charge is 0.394 e. The summed E-state index contributed by atoms with van der Waals surface area (Å²) in [4.78, 5) is 22.9. The number of carbonyl (C=O) groups is 1. The topological polar surface area (TPSA) is 92.9 Å². The summed E-state index contributed by atoms with van der Waals surface area (Å²) >= 11 is 0. The summed E-state index contributed by atoms with van der Waals surface area (Å²) in [5.74, 6) is -3.33. The second kappa shape index (κ2) is 6.10. The highest BCUT2D eigenvalue weighted by Gasteiger charge is 2.30. The van der Waals surface area contributed by atoms with Gasteiger partial charge in [-0.1, -0.05) is 0 Å². The van der Waals surface area contributed by atoms with E-state index in [9.17, 15) is 23.7 Å². The lowest BCUT2D eigenvalue weighted by molar-refractivity contribution is -0.387. The van der Waals surface area contributed by atoms with Crippen molar-refractivity contribution in [2.24, 2.45) is 0 Å². The van der Waals surface area contributed by atoms with Gasteiger partial charge in [-0.2, -0.15) is 4.39 Å². The van der Waals surface area contributed by atoms with Crippen LogP contribution in [0.25, 0.3) is 0 Å². The predicted octanol–water partition coefficient (Wildman–Crippen LogP) is 0.706. The molecule has 21 heavy (non-hydrogen) atoms. The molecule has 1 unspecified atom stereocenters. The molecule has 1 aromatic rings. The van der Waals surface area contributed by atoms with E-state index in [2.05, 4.69) is 0 Å². The van der Waals surface area contributed by atoms with Crippen LogP contribution in [-0.4, -0.2) is 53.2 Å². The van der Waals surface area contributed by atoms with E-state index in [0.29, 0.717) is 12.1 Å². The molecule has 1 atom stereocenters. The Morgan fingerprint density at radius 2 is 2.24 bits per heavy atom. The highest BCUT2D eigenvalue weighted by Crippen LogP contribution is 2.24. The van der Waals surface area contributed by atoms with Crippen molar-refractivity contribution in [3.63, 3.8) is 0 Å². The van der Waals surface area contributed by atoms with E-state index in [1.54, 1.807) is 0 Å². The van der Waals surface area contributed by atoms with Crippen molar-refractivity contribution in [2.45, 2.75) is 6.10 Å². The molecule has 1 fully saturated rings. The van der Waals surface area contributed by atoms with E-state index in [1.165, 1.54) is 0 Å². The number of aliphatic hydroxyl groups is 1. The third-order valence-electron chi connectivity index (χ3n) is 3.07. The van der Waals surface area contributed by atoms with E-state index in [0.717, 1.165) is 4.90 Å². The monoisotopic (exact) mass is 302 g/mol. The number of ether oxygens (including phenoxy) is 1. The molecule has 2 rings (SSSR count). The predicted molar refractivity (Wildman–Crippen MR) is 65.7 cm³/mol. The average Bonchev–Trinajstić information content (AvgIpc) is 2.48. The maximum absolute atomic E-state index is 14.0. The zero-order valence-corrected chi connectivity index (χ0v) is 10.8. The second-order valence-electron chi connectivity index (χ2n) is 4.47. The van der Waals surface area contributed by atoms with Crippen LogP contribution in [0.1, 0.15) is 10.4 Å². The quantitative estimate of drug-likeness (QED) is 0.655. The first-order chi connectivity index (χ1) is 9.93. The van der Waals surface area contributed by atoms with Crippen LogP contribution in [0.3, 0.4) is 0 Å². The molecule has 114 valence electrons. The van der Waals surface area contributed by atoms with E-state index in [4.69, 9.17) is 9.84 Å². The molecule has 0 bridgehead atoms. The molecule has 1 aliphatic rings. The molecule has 1 aliphatic heterocycles. The van der Waals surface area contributed by atoms with Gasteiger partial charge in [0.1, 0.15) is 5.82 Å². The Morgan fingerprint density at radius 1 is 1.52 bits per heavy atom. The Labute approximate surface area is 117 Å². The van der Waals surface area contributed by atoms with Crippen LogP contribution in [0, 0.1) is 21.7 Å². The maximum atomic E-state index is 14.0. The van der Waals surface area contributed by atoms with Crippen LogP contribution in [0.2, 0.25) is 0 Å². The van der Waals surface area contributed by atoms with Crippen LogP contribution >= 0.6 is 0 Å². The van der Waals surface area contributed by atoms with Gasteiger partial charge in [-0.3, -0.25) is 14.9 Å². The molecule has 1 aromatic carbocycles. The number of rotatable bonds is 3. The summed E-state index contributed by atoms with van der Waals surface area (Å²) in [5, 5.41) is 19.6. The van der Waals surface area contributed by atoms with Gasteiger partial charge in [-0.05, 0) is 6.07 Å². The number of carbonyl (C=O) groups excluding carboxylic acids is 1. The SMILES string of the molecule is O=C(c1cc(F)cc([N+](=O)[O-])c1F)N1CCOC(CO)C1. The smallest absolute Gasteiger partial charge is 0.308 e. The third-order valence-corrected chi connectivity index (χ3v) is 3.07. The van der Waals surface area contributed by atoms with Crippen molar-refractivity contribution in [1.82, 2.24) is 4.90 Å². The first kappa shape index (κ1) is 15.3. The van der Waals surface area contributed by atoms with Gasteiger partial charge in [0, 0.05) is 13.1 Å². The minimum atomic E-state index is -1.38. The van der Waals surface area contributed by atoms with Crippen molar-refractivity contribution >= 4 is 11.6 Å². The Hall–Kier alpha value is -2.13. The summed E-state index contributed by atoms with van der Waals surface area (Å²) < 4.78 is 32.4. The molecule has 9 heteroatoms. The molecule has 0 aliphatic carbocycles. The molecule has 1 saturated heterocycles. The van der Waals surface area contributed by atoms with Crippen molar-refractivity contribution in [3.8, 4) is 0 Å². The van der Waals surface area contributed by atoms with Crippen molar-refractivity contribution < 1.29 is 28.3 Å². The van der Waals surface area contributed by atoms with Crippen molar-refractivity contribution in [1.29, 1.82) is 0 Å². The lowest BCUT2D eigenvalue weighted by Gasteiger charge is -2.32. The highest BCUT2D eigenvalue weighted by molar-refractivity contribution is 5.95. The van der Waals surface area contributed by atoms with Gasteiger partial charge in [-0.15, -0.1) is 0 Å². The van der Waals surface area contributed by atoms with Crippen LogP contribution in [0.5, 0.6) is 0 Å². The van der Waals surface area contributed by atoms with E-state index >= 15 is 0 Å². The van der Waals surface area contributed by atoms with Gasteiger partial charge in [-0.25, -0.2) is 4.39 Å². The Kier molecular flexibility index (Phi) is 4.43. The average molecular weight is 302 g/mol. The number of halogens is 2. The fourth-order valence-corrected chi connectivity index (χ4v) is 2.05. The number of aliphatic hydroxyl groups excluding tert-OH is 1.